The molecule has 0 aliphatic heterocycles. The highest BCUT2D eigenvalue weighted by Crippen LogP contribution is 2.28. The molecule has 5 heteroatoms. The maximum absolute atomic E-state index is 6.16. The van der Waals surface area contributed by atoms with Crippen LogP contribution in [0.25, 0.3) is 11.3 Å². The molecule has 1 aromatic heterocycles. The van der Waals surface area contributed by atoms with Gasteiger partial charge in [-0.15, -0.1) is 0 Å². The summed E-state index contributed by atoms with van der Waals surface area (Å²) in [6.07, 6.45) is 2.07. The monoisotopic (exact) mass is 369 g/mol. The van der Waals surface area contributed by atoms with E-state index in [-0.39, 0.29) is 6.04 Å². The van der Waals surface area contributed by atoms with Crippen molar-refractivity contribution in [3.63, 3.8) is 0 Å². The fraction of sp³-hybridized carbons (Fsp3) is 0.286. The summed E-state index contributed by atoms with van der Waals surface area (Å²) >= 11 is 6.16. The minimum Gasteiger partial charge on any atom is -0.497 e. The maximum Gasteiger partial charge on any atom is 0.119 e. The molecule has 2 aromatic carbocycles. The van der Waals surface area contributed by atoms with Crippen LogP contribution in [0.2, 0.25) is 5.02 Å². The van der Waals surface area contributed by atoms with Crippen LogP contribution in [0.1, 0.15) is 24.1 Å². The van der Waals surface area contributed by atoms with Crippen molar-refractivity contribution in [2.45, 2.75) is 19.5 Å². The van der Waals surface area contributed by atoms with Gasteiger partial charge in [-0.1, -0.05) is 35.9 Å². The molecule has 3 aromatic rings. The maximum atomic E-state index is 6.16. The number of ether oxygens (including phenoxy) is 1. The van der Waals surface area contributed by atoms with E-state index in [0.717, 1.165) is 28.6 Å². The molecule has 0 saturated carbocycles. The Balaban J connectivity index is 1.84. The first-order valence-corrected chi connectivity index (χ1v) is 8.98. The zero-order valence-electron chi connectivity index (χ0n) is 15.6. The topological polar surface area (TPSA) is 30.3 Å². The number of methoxy groups -OCH3 is 1. The van der Waals surface area contributed by atoms with Crippen molar-refractivity contribution >= 4 is 11.6 Å². The smallest absolute Gasteiger partial charge is 0.119 e. The molecular weight excluding hydrogens is 346 g/mol. The molecular formula is C21H24ClN3O. The van der Waals surface area contributed by atoms with Crippen molar-refractivity contribution in [1.82, 2.24) is 14.7 Å². The van der Waals surface area contributed by atoms with E-state index in [1.54, 1.807) is 7.11 Å². The quantitative estimate of drug-likeness (QED) is 0.616. The van der Waals surface area contributed by atoms with Crippen LogP contribution < -0.4 is 4.74 Å². The molecule has 0 spiro atoms. The Morgan fingerprint density at radius 2 is 1.96 bits per heavy atom. The fourth-order valence-corrected chi connectivity index (χ4v) is 3.28. The Bertz CT molecular complexity index is 890. The van der Waals surface area contributed by atoms with Crippen LogP contribution in [0.5, 0.6) is 5.75 Å². The number of rotatable bonds is 6. The van der Waals surface area contributed by atoms with Crippen molar-refractivity contribution in [3.05, 3.63) is 70.9 Å². The van der Waals surface area contributed by atoms with Crippen LogP contribution in [-0.4, -0.2) is 28.8 Å². The molecule has 4 nitrogen and oxygen atoms in total. The lowest BCUT2D eigenvalue weighted by atomic mass is 10.0. The molecule has 0 bridgehead atoms. The summed E-state index contributed by atoms with van der Waals surface area (Å²) in [5.41, 5.74) is 4.40. The molecule has 0 unspecified atom stereocenters. The molecule has 0 fully saturated rings. The molecule has 3 rings (SSSR count). The highest BCUT2D eigenvalue weighted by Gasteiger charge is 2.17. The molecule has 26 heavy (non-hydrogen) atoms. The lowest BCUT2D eigenvalue weighted by Crippen LogP contribution is -2.22. The minimum absolute atomic E-state index is 0.248. The largest absolute Gasteiger partial charge is 0.497 e. The van der Waals surface area contributed by atoms with E-state index in [4.69, 9.17) is 16.3 Å². The molecule has 0 amide bonds. The number of aryl methyl sites for hydroxylation is 1. The van der Waals surface area contributed by atoms with Gasteiger partial charge in [-0.05, 0) is 43.8 Å². The zero-order chi connectivity index (χ0) is 18.7. The van der Waals surface area contributed by atoms with Crippen LogP contribution in [-0.2, 0) is 13.6 Å². The summed E-state index contributed by atoms with van der Waals surface area (Å²) in [5.74, 6) is 0.878. The lowest BCUT2D eigenvalue weighted by molar-refractivity contribution is 0.253. The van der Waals surface area contributed by atoms with Crippen molar-refractivity contribution in [2.24, 2.45) is 7.05 Å². The molecule has 1 atom stereocenters. The Morgan fingerprint density at radius 1 is 1.19 bits per heavy atom. The van der Waals surface area contributed by atoms with Gasteiger partial charge in [0, 0.05) is 42.0 Å². The van der Waals surface area contributed by atoms with E-state index < -0.39 is 0 Å². The van der Waals surface area contributed by atoms with E-state index in [0.29, 0.717) is 0 Å². The summed E-state index contributed by atoms with van der Waals surface area (Å²) in [6.45, 7) is 2.98. The van der Waals surface area contributed by atoms with E-state index in [9.17, 15) is 0 Å². The van der Waals surface area contributed by atoms with Gasteiger partial charge in [0.05, 0.1) is 12.8 Å². The first kappa shape index (κ1) is 18.5. The van der Waals surface area contributed by atoms with E-state index in [1.165, 1.54) is 11.1 Å². The molecule has 0 saturated heterocycles. The third-order valence-corrected chi connectivity index (χ3v) is 4.89. The minimum atomic E-state index is 0.248. The van der Waals surface area contributed by atoms with Crippen molar-refractivity contribution in [1.29, 1.82) is 0 Å². The first-order valence-electron chi connectivity index (χ1n) is 8.60. The molecule has 0 aliphatic carbocycles. The summed E-state index contributed by atoms with van der Waals surface area (Å²) in [7, 11) is 5.77. The third kappa shape index (κ3) is 4.09. The number of hydrogen-bond acceptors (Lipinski definition) is 3. The van der Waals surface area contributed by atoms with Crippen LogP contribution in [0.4, 0.5) is 0 Å². The predicted octanol–water partition coefficient (Wildman–Crippen LogP) is 4.94. The predicted molar refractivity (Wildman–Crippen MR) is 107 cm³/mol. The van der Waals surface area contributed by atoms with Gasteiger partial charge in [0.1, 0.15) is 5.75 Å². The van der Waals surface area contributed by atoms with Gasteiger partial charge in [-0.3, -0.25) is 9.58 Å². The van der Waals surface area contributed by atoms with Crippen LogP contribution in [0.15, 0.2) is 54.7 Å². The number of halogens is 1. The highest BCUT2D eigenvalue weighted by molar-refractivity contribution is 6.30. The second kappa shape index (κ2) is 7.94. The average Bonchev–Trinajstić information content (AvgIpc) is 3.01. The van der Waals surface area contributed by atoms with Crippen molar-refractivity contribution < 1.29 is 4.74 Å². The fourth-order valence-electron chi connectivity index (χ4n) is 3.09. The molecule has 136 valence electrons. The van der Waals surface area contributed by atoms with Gasteiger partial charge in [0.2, 0.25) is 0 Å². The van der Waals surface area contributed by atoms with Crippen molar-refractivity contribution in [3.8, 4) is 17.0 Å². The Kier molecular flexibility index (Phi) is 5.64. The lowest BCUT2D eigenvalue weighted by Gasteiger charge is -2.25. The van der Waals surface area contributed by atoms with Gasteiger partial charge >= 0.3 is 0 Å². The summed E-state index contributed by atoms with van der Waals surface area (Å²) in [6, 6.07) is 16.3. The van der Waals surface area contributed by atoms with Gasteiger partial charge in [0.25, 0.3) is 0 Å². The van der Waals surface area contributed by atoms with Crippen LogP contribution >= 0.6 is 11.6 Å². The first-order chi connectivity index (χ1) is 12.5. The standard InChI is InChI=1S/C21H24ClN3O/c1-15(16-7-6-10-20(12-16)26-4)24(2)13-18-14-25(3)23-21(18)17-8-5-9-19(22)11-17/h5-12,14-15H,13H2,1-4H3/t15-/m1/s1. The highest BCUT2D eigenvalue weighted by atomic mass is 35.5. The second-order valence-corrected chi connectivity index (χ2v) is 6.99. The number of nitrogens with zero attached hydrogens (tertiary/aromatic N) is 3. The summed E-state index contributed by atoms with van der Waals surface area (Å²) in [5, 5.41) is 5.37. The Morgan fingerprint density at radius 3 is 2.69 bits per heavy atom. The number of aromatic nitrogens is 2. The summed E-state index contributed by atoms with van der Waals surface area (Å²) in [4.78, 5) is 2.31. The van der Waals surface area contributed by atoms with Crippen LogP contribution in [0, 0.1) is 0 Å². The Hall–Kier alpha value is -2.30. The molecule has 0 aliphatic rings. The number of hydrogen-bond donors (Lipinski definition) is 0. The van der Waals surface area contributed by atoms with Gasteiger partial charge in [-0.2, -0.15) is 5.10 Å². The third-order valence-electron chi connectivity index (χ3n) is 4.66. The average molecular weight is 370 g/mol. The summed E-state index contributed by atoms with van der Waals surface area (Å²) < 4.78 is 7.21. The number of benzene rings is 2. The molecule has 0 N–H and O–H groups in total. The zero-order valence-corrected chi connectivity index (χ0v) is 16.4. The van der Waals surface area contributed by atoms with E-state index in [2.05, 4.69) is 42.3 Å². The van der Waals surface area contributed by atoms with Crippen LogP contribution in [0.3, 0.4) is 0 Å². The van der Waals surface area contributed by atoms with E-state index in [1.807, 2.05) is 48.1 Å². The SMILES string of the molecule is COc1cccc([C@@H](C)N(C)Cc2cn(C)nc2-c2cccc(Cl)c2)c1. The van der Waals surface area contributed by atoms with Gasteiger partial charge < -0.3 is 4.74 Å². The second-order valence-electron chi connectivity index (χ2n) is 6.55. The van der Waals surface area contributed by atoms with Gasteiger partial charge in [-0.25, -0.2) is 0 Å². The van der Waals surface area contributed by atoms with Gasteiger partial charge in [0.15, 0.2) is 0 Å². The van der Waals surface area contributed by atoms with Crippen molar-refractivity contribution in [2.75, 3.05) is 14.2 Å². The normalized spacial score (nSPS) is 12.4. The van der Waals surface area contributed by atoms with E-state index >= 15 is 0 Å². The molecule has 0 radical (unpaired) electrons. The molecule has 1 heterocycles. The Labute approximate surface area is 160 Å².